The third-order valence-electron chi connectivity index (χ3n) is 7.67. The third-order valence-corrected chi connectivity index (χ3v) is 7.67. The molecule has 1 unspecified atom stereocenters. The smallest absolute Gasteiger partial charge is 0.217 e. The van der Waals surface area contributed by atoms with Crippen molar-refractivity contribution in [3.05, 3.63) is 23.8 Å². The van der Waals surface area contributed by atoms with Crippen LogP contribution in [-0.2, 0) is 9.53 Å². The largest absolute Gasteiger partial charge is 0.493 e. The van der Waals surface area contributed by atoms with Crippen molar-refractivity contribution in [3.8, 4) is 11.5 Å². The van der Waals surface area contributed by atoms with Gasteiger partial charge in [-0.05, 0) is 66.5 Å². The van der Waals surface area contributed by atoms with Gasteiger partial charge in [0.15, 0.2) is 11.5 Å². The summed E-state index contributed by atoms with van der Waals surface area (Å²) in [6, 6.07) is 6.37. The van der Waals surface area contributed by atoms with Crippen LogP contribution in [0.15, 0.2) is 18.2 Å². The standard InChI is InChI=1S/C23H33NO4/c1-6-27-19-11-15(7-8-18(19)26-5)20-17-12-16-13-23(17,9-10-28-20)21(22(16,3)4)24-14(2)25/h7-8,11,16-17,20-21H,6,9-10,12-13H2,1-5H3,(H,24,25)/t16-,17-,20-,21-,23?/m1/s1. The molecular weight excluding hydrogens is 354 g/mol. The van der Waals surface area contributed by atoms with Crippen LogP contribution in [0.2, 0.25) is 0 Å². The molecule has 154 valence electrons. The maximum atomic E-state index is 12.0. The van der Waals surface area contributed by atoms with Gasteiger partial charge in [0.25, 0.3) is 0 Å². The highest BCUT2D eigenvalue weighted by molar-refractivity contribution is 5.73. The lowest BCUT2D eigenvalue weighted by atomic mass is 9.59. The number of benzene rings is 1. The number of hydrogen-bond donors (Lipinski definition) is 1. The Balaban J connectivity index is 1.69. The highest BCUT2D eigenvalue weighted by atomic mass is 16.5. The number of amides is 1. The second-order valence-corrected chi connectivity index (χ2v) is 9.32. The lowest BCUT2D eigenvalue weighted by molar-refractivity contribution is -0.136. The van der Waals surface area contributed by atoms with E-state index in [9.17, 15) is 4.79 Å². The number of nitrogens with one attached hydrogen (secondary N) is 1. The summed E-state index contributed by atoms with van der Waals surface area (Å²) in [6.07, 6.45) is 3.40. The molecule has 4 rings (SSSR count). The zero-order valence-corrected chi connectivity index (χ0v) is 17.7. The number of methoxy groups -OCH3 is 1. The predicted octanol–water partition coefficient (Wildman–Crippen LogP) is 4.11. The minimum Gasteiger partial charge on any atom is -0.493 e. The lowest BCUT2D eigenvalue weighted by Crippen LogP contribution is -2.58. The monoisotopic (exact) mass is 387 g/mol. The van der Waals surface area contributed by atoms with Gasteiger partial charge in [-0.2, -0.15) is 0 Å². The van der Waals surface area contributed by atoms with Crippen LogP contribution >= 0.6 is 0 Å². The molecule has 1 N–H and O–H groups in total. The van der Waals surface area contributed by atoms with Crippen LogP contribution in [0, 0.1) is 22.7 Å². The molecule has 1 aromatic rings. The molecule has 28 heavy (non-hydrogen) atoms. The molecule has 2 bridgehead atoms. The molecule has 1 heterocycles. The van der Waals surface area contributed by atoms with Crippen molar-refractivity contribution < 1.29 is 19.0 Å². The number of carbonyl (C=O) groups is 1. The van der Waals surface area contributed by atoms with Crippen LogP contribution in [0.4, 0.5) is 0 Å². The molecule has 5 atom stereocenters. The molecule has 0 aromatic heterocycles. The first-order valence-corrected chi connectivity index (χ1v) is 10.5. The number of carbonyl (C=O) groups excluding carboxylic acids is 1. The first-order valence-electron chi connectivity index (χ1n) is 10.5. The van der Waals surface area contributed by atoms with Crippen molar-refractivity contribution in [1.82, 2.24) is 5.32 Å². The van der Waals surface area contributed by atoms with Crippen LogP contribution in [0.25, 0.3) is 0 Å². The Morgan fingerprint density at radius 1 is 1.32 bits per heavy atom. The van der Waals surface area contributed by atoms with Crippen molar-refractivity contribution in [3.63, 3.8) is 0 Å². The van der Waals surface area contributed by atoms with Gasteiger partial charge in [0, 0.05) is 19.6 Å². The molecule has 3 aliphatic rings. The zero-order chi connectivity index (χ0) is 20.1. The summed E-state index contributed by atoms with van der Waals surface area (Å²) in [4.78, 5) is 12.0. The van der Waals surface area contributed by atoms with E-state index in [1.165, 1.54) is 6.42 Å². The highest BCUT2D eigenvalue weighted by Gasteiger charge is 2.68. The number of ether oxygens (including phenoxy) is 3. The fourth-order valence-electron chi connectivity index (χ4n) is 6.46. The summed E-state index contributed by atoms with van der Waals surface area (Å²) in [5, 5.41) is 3.34. The number of fused-ring (bicyclic) bond motifs is 1. The molecule has 1 aliphatic heterocycles. The highest BCUT2D eigenvalue weighted by Crippen LogP contribution is 2.70. The Kier molecular flexibility index (Phi) is 4.85. The van der Waals surface area contributed by atoms with Gasteiger partial charge in [0.2, 0.25) is 5.91 Å². The maximum Gasteiger partial charge on any atom is 0.217 e. The summed E-state index contributed by atoms with van der Waals surface area (Å²) >= 11 is 0. The minimum atomic E-state index is 0.0382. The molecule has 2 aliphatic carbocycles. The van der Waals surface area contributed by atoms with Crippen molar-refractivity contribution >= 4 is 5.91 Å². The molecule has 1 spiro atoms. The topological polar surface area (TPSA) is 56.8 Å². The predicted molar refractivity (Wildman–Crippen MR) is 108 cm³/mol. The third kappa shape index (κ3) is 2.81. The van der Waals surface area contributed by atoms with Gasteiger partial charge in [-0.1, -0.05) is 19.9 Å². The van der Waals surface area contributed by atoms with E-state index < -0.39 is 0 Å². The van der Waals surface area contributed by atoms with E-state index in [1.54, 1.807) is 14.0 Å². The first kappa shape index (κ1) is 19.6. The van der Waals surface area contributed by atoms with E-state index >= 15 is 0 Å². The van der Waals surface area contributed by atoms with E-state index in [1.807, 2.05) is 13.0 Å². The van der Waals surface area contributed by atoms with Gasteiger partial charge in [-0.15, -0.1) is 0 Å². The molecular formula is C23H33NO4. The Bertz CT molecular complexity index is 761. The molecule has 0 radical (unpaired) electrons. The van der Waals surface area contributed by atoms with Gasteiger partial charge in [-0.25, -0.2) is 0 Å². The van der Waals surface area contributed by atoms with Crippen molar-refractivity contribution in [2.75, 3.05) is 20.3 Å². The van der Waals surface area contributed by atoms with Crippen LogP contribution in [0.3, 0.4) is 0 Å². The summed E-state index contributed by atoms with van der Waals surface area (Å²) in [7, 11) is 1.67. The Morgan fingerprint density at radius 2 is 2.11 bits per heavy atom. The normalized spacial score (nSPS) is 35.3. The molecule has 1 aromatic carbocycles. The van der Waals surface area contributed by atoms with Crippen molar-refractivity contribution in [1.29, 1.82) is 0 Å². The molecule has 1 saturated heterocycles. The van der Waals surface area contributed by atoms with E-state index in [0.717, 1.165) is 36.5 Å². The Morgan fingerprint density at radius 3 is 2.79 bits per heavy atom. The van der Waals surface area contributed by atoms with Crippen molar-refractivity contribution in [2.24, 2.45) is 22.7 Å². The Labute approximate surface area is 168 Å². The summed E-state index contributed by atoms with van der Waals surface area (Å²) in [6.45, 7) is 9.61. The molecule has 5 nitrogen and oxygen atoms in total. The first-order chi connectivity index (χ1) is 13.3. The number of rotatable bonds is 5. The van der Waals surface area contributed by atoms with Gasteiger partial charge in [0.05, 0.1) is 19.8 Å². The fraction of sp³-hybridized carbons (Fsp3) is 0.696. The minimum absolute atomic E-state index is 0.0382. The van der Waals surface area contributed by atoms with Gasteiger partial charge in [-0.3, -0.25) is 4.79 Å². The molecule has 1 amide bonds. The quantitative estimate of drug-likeness (QED) is 0.826. The summed E-state index contributed by atoms with van der Waals surface area (Å²) in [5.74, 6) is 2.63. The van der Waals surface area contributed by atoms with Crippen LogP contribution in [0.5, 0.6) is 11.5 Å². The average Bonchev–Trinajstić information content (AvgIpc) is 3.14. The molecule has 2 saturated carbocycles. The van der Waals surface area contributed by atoms with Gasteiger partial charge in [0.1, 0.15) is 0 Å². The van der Waals surface area contributed by atoms with E-state index in [-0.39, 0.29) is 28.9 Å². The van der Waals surface area contributed by atoms with E-state index in [2.05, 4.69) is 31.3 Å². The lowest BCUT2D eigenvalue weighted by Gasteiger charge is -2.53. The molecule has 3 fully saturated rings. The average molecular weight is 388 g/mol. The van der Waals surface area contributed by atoms with Gasteiger partial charge < -0.3 is 19.5 Å². The number of hydrogen-bond acceptors (Lipinski definition) is 4. The van der Waals surface area contributed by atoms with Gasteiger partial charge >= 0.3 is 0 Å². The maximum absolute atomic E-state index is 12.0. The summed E-state index contributed by atoms with van der Waals surface area (Å²) in [5.41, 5.74) is 1.40. The Hall–Kier alpha value is -1.75. The van der Waals surface area contributed by atoms with Crippen molar-refractivity contribution in [2.45, 2.75) is 59.1 Å². The second-order valence-electron chi connectivity index (χ2n) is 9.32. The second kappa shape index (κ2) is 6.94. The SMILES string of the molecule is CCOc1cc([C@H]2OCCC34C[C@@H](C[C@H]23)C(C)(C)[C@H]4NC(C)=O)ccc1OC. The van der Waals surface area contributed by atoms with Crippen LogP contribution in [0.1, 0.15) is 58.6 Å². The van der Waals surface area contributed by atoms with Crippen LogP contribution in [-0.4, -0.2) is 32.3 Å². The van der Waals surface area contributed by atoms with E-state index in [0.29, 0.717) is 18.4 Å². The zero-order valence-electron chi connectivity index (χ0n) is 17.7. The summed E-state index contributed by atoms with van der Waals surface area (Å²) < 4.78 is 17.6. The fourth-order valence-corrected chi connectivity index (χ4v) is 6.46. The van der Waals surface area contributed by atoms with E-state index in [4.69, 9.17) is 14.2 Å². The van der Waals surface area contributed by atoms with Crippen LogP contribution < -0.4 is 14.8 Å². The molecule has 5 heteroatoms.